The van der Waals surface area contributed by atoms with Gasteiger partial charge in [-0.1, -0.05) is 35.9 Å². The maximum atomic E-state index is 13.8. The molecule has 2 saturated heterocycles. The lowest BCUT2D eigenvalue weighted by Gasteiger charge is -2.29. The lowest BCUT2D eigenvalue weighted by atomic mass is 9.90. The van der Waals surface area contributed by atoms with Crippen molar-refractivity contribution in [1.82, 2.24) is 0 Å². The van der Waals surface area contributed by atoms with Gasteiger partial charge in [0.05, 0.1) is 28.5 Å². The van der Waals surface area contributed by atoms with Crippen molar-refractivity contribution in [2.75, 3.05) is 16.6 Å². The Morgan fingerprint density at radius 2 is 1.83 bits per heavy atom. The molecule has 0 aliphatic carbocycles. The third-order valence-corrected chi connectivity index (χ3v) is 7.31. The monoisotopic (exact) mass is 556 g/mol. The molecule has 0 spiro atoms. The van der Waals surface area contributed by atoms with Crippen LogP contribution in [0.15, 0.2) is 65.1 Å². The zero-order chi connectivity index (χ0) is 24.9. The van der Waals surface area contributed by atoms with Crippen LogP contribution >= 0.6 is 27.5 Å². The van der Waals surface area contributed by atoms with Crippen molar-refractivity contribution in [3.8, 4) is 11.5 Å². The van der Waals surface area contributed by atoms with Crippen LogP contribution in [0, 0.1) is 12.8 Å². The molecule has 9 heteroatoms. The standard InChI is InChI=1S/C26H22BrClN2O5/c1-3-34-20-13-15(12-17(27)23(20)31)22-21-24(35-30(22)16-8-5-4-6-9-16)26(33)29(25(21)32)19-11-7-10-18(28)14(19)2/h4-13,21-22,24,31H,3H2,1-2H3/t21-,22+,24-/m0/s1. The molecule has 2 aliphatic heterocycles. The fraction of sp³-hybridized carbons (Fsp3) is 0.231. The number of amides is 2. The predicted molar refractivity (Wildman–Crippen MR) is 136 cm³/mol. The number of carbonyl (C=O) groups is 2. The Bertz CT molecular complexity index is 1320. The summed E-state index contributed by atoms with van der Waals surface area (Å²) in [6, 6.07) is 17.1. The number of benzene rings is 3. The molecule has 2 fully saturated rings. The first-order valence-electron chi connectivity index (χ1n) is 11.1. The van der Waals surface area contributed by atoms with E-state index >= 15 is 0 Å². The van der Waals surface area contributed by atoms with Gasteiger partial charge in [0.2, 0.25) is 5.91 Å². The molecule has 3 aromatic carbocycles. The van der Waals surface area contributed by atoms with Crippen molar-refractivity contribution in [3.05, 3.63) is 81.3 Å². The van der Waals surface area contributed by atoms with E-state index in [9.17, 15) is 14.7 Å². The molecule has 2 aliphatic rings. The number of rotatable bonds is 5. The molecule has 0 unspecified atom stereocenters. The minimum atomic E-state index is -1.02. The molecule has 2 heterocycles. The summed E-state index contributed by atoms with van der Waals surface area (Å²) in [5.74, 6) is -1.42. The van der Waals surface area contributed by atoms with E-state index in [1.54, 1.807) is 42.3 Å². The van der Waals surface area contributed by atoms with Gasteiger partial charge in [-0.05, 0) is 77.3 Å². The van der Waals surface area contributed by atoms with Crippen molar-refractivity contribution < 1.29 is 24.3 Å². The van der Waals surface area contributed by atoms with Crippen LogP contribution < -0.4 is 14.7 Å². The molecule has 0 aromatic heterocycles. The SMILES string of the molecule is CCOc1cc([C@@H]2[C@@H]3C(=O)N(c4cccc(Cl)c4C)C(=O)[C@H]3ON2c2ccccc2)cc(Br)c1O. The Kier molecular flexibility index (Phi) is 6.21. The number of aromatic hydroxyl groups is 1. The van der Waals surface area contributed by atoms with Crippen LogP contribution in [0.25, 0.3) is 0 Å². The number of phenols is 1. The summed E-state index contributed by atoms with van der Waals surface area (Å²) in [6.45, 7) is 3.93. The van der Waals surface area contributed by atoms with E-state index in [0.29, 0.717) is 38.6 Å². The largest absolute Gasteiger partial charge is 0.503 e. The van der Waals surface area contributed by atoms with E-state index in [1.165, 1.54) is 4.90 Å². The summed E-state index contributed by atoms with van der Waals surface area (Å²) < 4.78 is 6.03. The molecule has 2 amide bonds. The van der Waals surface area contributed by atoms with Crippen LogP contribution in [-0.2, 0) is 14.4 Å². The van der Waals surface area contributed by atoms with Gasteiger partial charge >= 0.3 is 0 Å². The second-order valence-electron chi connectivity index (χ2n) is 8.34. The van der Waals surface area contributed by atoms with Gasteiger partial charge in [-0.3, -0.25) is 14.4 Å². The topological polar surface area (TPSA) is 79.3 Å². The Morgan fingerprint density at radius 3 is 2.54 bits per heavy atom. The van der Waals surface area contributed by atoms with E-state index in [1.807, 2.05) is 37.3 Å². The lowest BCUT2D eigenvalue weighted by Crippen LogP contribution is -2.37. The maximum absolute atomic E-state index is 13.8. The number of phenolic OH excluding ortho intramolecular Hbond substituents is 1. The molecular weight excluding hydrogens is 536 g/mol. The summed E-state index contributed by atoms with van der Waals surface area (Å²) in [6.07, 6.45) is -1.02. The molecule has 0 saturated carbocycles. The van der Waals surface area contributed by atoms with E-state index in [-0.39, 0.29) is 17.4 Å². The molecule has 35 heavy (non-hydrogen) atoms. The van der Waals surface area contributed by atoms with E-state index < -0.39 is 24.0 Å². The molecular formula is C26H22BrClN2O5. The summed E-state index contributed by atoms with van der Waals surface area (Å²) in [5, 5.41) is 12.5. The highest BCUT2D eigenvalue weighted by molar-refractivity contribution is 9.10. The number of carbonyl (C=O) groups excluding carboxylic acids is 2. The van der Waals surface area contributed by atoms with Crippen LogP contribution in [0.2, 0.25) is 5.02 Å². The highest BCUT2D eigenvalue weighted by Crippen LogP contribution is 2.50. The fourth-order valence-corrected chi connectivity index (χ4v) is 5.29. The Balaban J connectivity index is 1.64. The summed E-state index contributed by atoms with van der Waals surface area (Å²) >= 11 is 9.67. The minimum Gasteiger partial charge on any atom is -0.503 e. The quantitative estimate of drug-likeness (QED) is 0.414. The molecule has 0 radical (unpaired) electrons. The zero-order valence-corrected chi connectivity index (χ0v) is 21.3. The first-order valence-corrected chi connectivity index (χ1v) is 12.3. The lowest BCUT2D eigenvalue weighted by molar-refractivity contribution is -0.126. The van der Waals surface area contributed by atoms with E-state index in [2.05, 4.69) is 15.9 Å². The summed E-state index contributed by atoms with van der Waals surface area (Å²) in [4.78, 5) is 34.7. The number of para-hydroxylation sites is 1. The van der Waals surface area contributed by atoms with Crippen molar-refractivity contribution in [3.63, 3.8) is 0 Å². The highest BCUT2D eigenvalue weighted by Gasteiger charge is 2.60. The smallest absolute Gasteiger partial charge is 0.266 e. The van der Waals surface area contributed by atoms with E-state index in [0.717, 1.165) is 0 Å². The number of ether oxygens (including phenoxy) is 1. The fourth-order valence-electron chi connectivity index (χ4n) is 4.66. The number of halogens is 2. The van der Waals surface area contributed by atoms with Gasteiger partial charge in [0.1, 0.15) is 5.92 Å². The Hall–Kier alpha value is -3.07. The van der Waals surface area contributed by atoms with Gasteiger partial charge in [-0.2, -0.15) is 0 Å². The summed E-state index contributed by atoms with van der Waals surface area (Å²) in [7, 11) is 0. The van der Waals surface area contributed by atoms with Crippen molar-refractivity contribution >= 4 is 50.7 Å². The Labute approximate surface area is 215 Å². The first kappa shape index (κ1) is 23.7. The number of fused-ring (bicyclic) bond motifs is 1. The third kappa shape index (κ3) is 3.86. The molecule has 3 atom stereocenters. The number of imide groups is 1. The summed E-state index contributed by atoms with van der Waals surface area (Å²) in [5.41, 5.74) is 2.43. The molecule has 5 rings (SSSR count). The van der Waals surface area contributed by atoms with Gasteiger partial charge < -0.3 is 9.84 Å². The van der Waals surface area contributed by atoms with Gasteiger partial charge in [-0.15, -0.1) is 0 Å². The van der Waals surface area contributed by atoms with Gasteiger partial charge in [-0.25, -0.2) is 9.96 Å². The number of anilines is 2. The average molecular weight is 558 g/mol. The van der Waals surface area contributed by atoms with Crippen LogP contribution in [0.1, 0.15) is 24.1 Å². The van der Waals surface area contributed by atoms with Gasteiger partial charge in [0, 0.05) is 5.02 Å². The average Bonchev–Trinajstić information content (AvgIpc) is 3.35. The number of hydrogen-bond acceptors (Lipinski definition) is 6. The maximum Gasteiger partial charge on any atom is 0.266 e. The van der Waals surface area contributed by atoms with Crippen LogP contribution in [0.5, 0.6) is 11.5 Å². The zero-order valence-electron chi connectivity index (χ0n) is 18.9. The van der Waals surface area contributed by atoms with Crippen LogP contribution in [0.4, 0.5) is 11.4 Å². The third-order valence-electron chi connectivity index (χ3n) is 6.30. The molecule has 3 aromatic rings. The van der Waals surface area contributed by atoms with Crippen molar-refractivity contribution in [2.45, 2.75) is 26.0 Å². The number of hydroxylamine groups is 1. The molecule has 0 bridgehead atoms. The molecule has 1 N–H and O–H groups in total. The molecule has 180 valence electrons. The van der Waals surface area contributed by atoms with Crippen molar-refractivity contribution in [2.24, 2.45) is 5.92 Å². The normalized spacial score (nSPS) is 21.5. The molecule has 7 nitrogen and oxygen atoms in total. The highest BCUT2D eigenvalue weighted by atomic mass is 79.9. The second-order valence-corrected chi connectivity index (χ2v) is 9.60. The minimum absolute atomic E-state index is 0.0395. The van der Waals surface area contributed by atoms with Gasteiger partial charge in [0.25, 0.3) is 5.91 Å². The van der Waals surface area contributed by atoms with Crippen LogP contribution in [0.3, 0.4) is 0 Å². The first-order chi connectivity index (χ1) is 16.8. The predicted octanol–water partition coefficient (Wildman–Crippen LogP) is 5.57. The number of hydrogen-bond donors (Lipinski definition) is 1. The van der Waals surface area contributed by atoms with Crippen molar-refractivity contribution in [1.29, 1.82) is 0 Å². The Morgan fingerprint density at radius 1 is 1.09 bits per heavy atom. The number of nitrogens with zero attached hydrogens (tertiary/aromatic N) is 2. The second kappa shape index (κ2) is 9.18. The van der Waals surface area contributed by atoms with E-state index in [4.69, 9.17) is 21.2 Å². The van der Waals surface area contributed by atoms with Crippen LogP contribution in [-0.4, -0.2) is 29.6 Å². The van der Waals surface area contributed by atoms with Gasteiger partial charge in [0.15, 0.2) is 17.6 Å².